The molecule has 3 unspecified atom stereocenters. The third-order valence-electron chi connectivity index (χ3n) is 5.09. The number of benzene rings is 1. The number of ether oxygens (including phenoxy) is 1. The van der Waals surface area contributed by atoms with Crippen LogP contribution in [0.4, 0.5) is 0 Å². The first-order chi connectivity index (χ1) is 11.6. The number of hydrogen-bond acceptors (Lipinski definition) is 5. The predicted octanol–water partition coefficient (Wildman–Crippen LogP) is 1.35. The van der Waals surface area contributed by atoms with Gasteiger partial charge in [-0.1, -0.05) is 36.8 Å². The minimum Gasteiger partial charge on any atom is -0.379 e. The third-order valence-corrected chi connectivity index (χ3v) is 6.68. The molecular formula is C18H28N2O3S. The van der Waals surface area contributed by atoms with E-state index in [-0.39, 0.29) is 11.5 Å². The molecule has 6 heteroatoms. The summed E-state index contributed by atoms with van der Waals surface area (Å²) in [6.45, 7) is 3.01. The second kappa shape index (κ2) is 8.43. The van der Waals surface area contributed by atoms with Crippen LogP contribution in [0, 0.1) is 5.92 Å². The van der Waals surface area contributed by atoms with Gasteiger partial charge >= 0.3 is 0 Å². The monoisotopic (exact) mass is 352 g/mol. The van der Waals surface area contributed by atoms with Gasteiger partial charge < -0.3 is 15.4 Å². The minimum atomic E-state index is -3.07. The van der Waals surface area contributed by atoms with Gasteiger partial charge in [0.25, 0.3) is 0 Å². The Kier molecular flexibility index (Phi) is 6.27. The van der Waals surface area contributed by atoms with E-state index in [4.69, 9.17) is 4.74 Å². The summed E-state index contributed by atoms with van der Waals surface area (Å²) in [5.41, 5.74) is 0.861. The number of morpholine rings is 1. The molecule has 0 aromatic heterocycles. The van der Waals surface area contributed by atoms with Crippen molar-refractivity contribution in [1.82, 2.24) is 10.6 Å². The van der Waals surface area contributed by atoms with Gasteiger partial charge in [0.2, 0.25) is 0 Å². The first-order valence-electron chi connectivity index (χ1n) is 8.93. The lowest BCUT2D eigenvalue weighted by Crippen LogP contribution is -2.51. The van der Waals surface area contributed by atoms with Gasteiger partial charge in [0, 0.05) is 25.2 Å². The van der Waals surface area contributed by atoms with Crippen LogP contribution in [-0.4, -0.2) is 52.6 Å². The lowest BCUT2D eigenvalue weighted by molar-refractivity contribution is 0.0527. The van der Waals surface area contributed by atoms with Gasteiger partial charge in [-0.2, -0.15) is 0 Å². The molecule has 2 N–H and O–H groups in total. The van der Waals surface area contributed by atoms with Crippen molar-refractivity contribution in [3.05, 3.63) is 35.9 Å². The summed E-state index contributed by atoms with van der Waals surface area (Å²) in [6, 6.07) is 10.2. The van der Waals surface area contributed by atoms with Crippen molar-refractivity contribution in [3.63, 3.8) is 0 Å². The van der Waals surface area contributed by atoms with E-state index < -0.39 is 9.84 Å². The molecule has 1 aromatic carbocycles. The Bertz CT molecular complexity index is 600. The van der Waals surface area contributed by atoms with Gasteiger partial charge in [-0.3, -0.25) is 0 Å². The smallest absolute Gasteiger partial charge is 0.155 e. The molecule has 0 bridgehead atoms. The first-order valence-corrected chi connectivity index (χ1v) is 10.7. The van der Waals surface area contributed by atoms with Gasteiger partial charge in [0.05, 0.1) is 24.7 Å². The fraction of sp³-hybridized carbons (Fsp3) is 0.667. The van der Waals surface area contributed by atoms with E-state index in [1.165, 1.54) is 12.8 Å². The summed E-state index contributed by atoms with van der Waals surface area (Å²) in [4.78, 5) is 0. The molecule has 1 aliphatic heterocycles. The molecule has 1 aromatic rings. The average Bonchev–Trinajstić information content (AvgIpc) is 3.04. The molecule has 0 radical (unpaired) electrons. The molecular weight excluding hydrogens is 324 g/mol. The summed E-state index contributed by atoms with van der Waals surface area (Å²) in [7, 11) is -3.07. The SMILES string of the molecule is O=S(=O)(CCNC1CCCC1C1COCCN1)Cc1ccccc1. The second-order valence-corrected chi connectivity index (χ2v) is 9.05. The highest BCUT2D eigenvalue weighted by Crippen LogP contribution is 2.29. The van der Waals surface area contributed by atoms with Gasteiger partial charge in [0.1, 0.15) is 0 Å². The zero-order valence-corrected chi connectivity index (χ0v) is 14.9. The van der Waals surface area contributed by atoms with Crippen LogP contribution in [0.5, 0.6) is 0 Å². The van der Waals surface area contributed by atoms with E-state index in [1.54, 1.807) is 0 Å². The molecule has 1 saturated carbocycles. The molecule has 3 atom stereocenters. The highest BCUT2D eigenvalue weighted by Gasteiger charge is 2.34. The van der Waals surface area contributed by atoms with Crippen LogP contribution in [0.3, 0.4) is 0 Å². The maximum atomic E-state index is 12.3. The fourth-order valence-electron chi connectivity index (χ4n) is 3.88. The molecule has 1 heterocycles. The van der Waals surface area contributed by atoms with Gasteiger partial charge in [-0.15, -0.1) is 0 Å². The quantitative estimate of drug-likeness (QED) is 0.775. The zero-order chi connectivity index (χ0) is 16.8. The van der Waals surface area contributed by atoms with Crippen LogP contribution in [0.2, 0.25) is 0 Å². The van der Waals surface area contributed by atoms with Crippen molar-refractivity contribution in [2.75, 3.05) is 32.1 Å². The number of sulfone groups is 1. The van der Waals surface area contributed by atoms with E-state index in [2.05, 4.69) is 10.6 Å². The summed E-state index contributed by atoms with van der Waals surface area (Å²) in [6.07, 6.45) is 3.52. The number of rotatable bonds is 7. The van der Waals surface area contributed by atoms with Crippen LogP contribution in [0.1, 0.15) is 24.8 Å². The molecule has 1 saturated heterocycles. The molecule has 3 rings (SSSR count). The maximum Gasteiger partial charge on any atom is 0.155 e. The molecule has 2 aliphatic rings. The Balaban J connectivity index is 1.46. The summed E-state index contributed by atoms with van der Waals surface area (Å²) >= 11 is 0. The predicted molar refractivity (Wildman–Crippen MR) is 95.7 cm³/mol. The Labute approximate surface area is 145 Å². The van der Waals surface area contributed by atoms with Crippen molar-refractivity contribution < 1.29 is 13.2 Å². The highest BCUT2D eigenvalue weighted by atomic mass is 32.2. The normalized spacial score (nSPS) is 28.1. The molecule has 0 spiro atoms. The van der Waals surface area contributed by atoms with E-state index in [9.17, 15) is 8.42 Å². The van der Waals surface area contributed by atoms with E-state index in [0.717, 1.165) is 31.7 Å². The Morgan fingerprint density at radius 1 is 1.21 bits per heavy atom. The van der Waals surface area contributed by atoms with Crippen LogP contribution < -0.4 is 10.6 Å². The number of hydrogen-bond donors (Lipinski definition) is 2. The summed E-state index contributed by atoms with van der Waals surface area (Å²) in [5, 5.41) is 7.04. The molecule has 2 fully saturated rings. The van der Waals surface area contributed by atoms with Crippen molar-refractivity contribution >= 4 is 9.84 Å². The summed E-state index contributed by atoms with van der Waals surface area (Å²) in [5.74, 6) is 0.864. The Hall–Kier alpha value is -0.950. The lowest BCUT2D eigenvalue weighted by atomic mass is 9.94. The largest absolute Gasteiger partial charge is 0.379 e. The van der Waals surface area contributed by atoms with Crippen LogP contribution in [0.15, 0.2) is 30.3 Å². The van der Waals surface area contributed by atoms with Crippen LogP contribution >= 0.6 is 0 Å². The first kappa shape index (κ1) is 17.9. The minimum absolute atomic E-state index is 0.127. The third kappa shape index (κ3) is 5.02. The Morgan fingerprint density at radius 2 is 2.04 bits per heavy atom. The molecule has 24 heavy (non-hydrogen) atoms. The van der Waals surface area contributed by atoms with Gasteiger partial charge in [0.15, 0.2) is 9.84 Å². The fourth-order valence-corrected chi connectivity index (χ4v) is 5.16. The van der Waals surface area contributed by atoms with Crippen molar-refractivity contribution in [2.45, 2.75) is 37.1 Å². The van der Waals surface area contributed by atoms with Crippen LogP contribution in [-0.2, 0) is 20.3 Å². The van der Waals surface area contributed by atoms with E-state index >= 15 is 0 Å². The van der Waals surface area contributed by atoms with Crippen LogP contribution in [0.25, 0.3) is 0 Å². The second-order valence-electron chi connectivity index (χ2n) is 6.87. The molecule has 134 valence electrons. The van der Waals surface area contributed by atoms with Crippen molar-refractivity contribution in [1.29, 1.82) is 0 Å². The molecule has 5 nitrogen and oxygen atoms in total. The number of nitrogens with one attached hydrogen (secondary N) is 2. The van der Waals surface area contributed by atoms with Crippen molar-refractivity contribution in [3.8, 4) is 0 Å². The van der Waals surface area contributed by atoms with E-state index in [1.807, 2.05) is 30.3 Å². The van der Waals surface area contributed by atoms with E-state index in [0.29, 0.717) is 24.5 Å². The molecule has 0 amide bonds. The zero-order valence-electron chi connectivity index (χ0n) is 14.1. The average molecular weight is 352 g/mol. The van der Waals surface area contributed by atoms with Gasteiger partial charge in [-0.25, -0.2) is 8.42 Å². The highest BCUT2D eigenvalue weighted by molar-refractivity contribution is 7.90. The van der Waals surface area contributed by atoms with Gasteiger partial charge in [-0.05, 0) is 24.3 Å². The topological polar surface area (TPSA) is 67.4 Å². The summed E-state index contributed by atoms with van der Waals surface area (Å²) < 4.78 is 30.2. The van der Waals surface area contributed by atoms with Crippen molar-refractivity contribution in [2.24, 2.45) is 5.92 Å². The molecule has 1 aliphatic carbocycles. The lowest BCUT2D eigenvalue weighted by Gasteiger charge is -2.33. The Morgan fingerprint density at radius 3 is 2.79 bits per heavy atom. The maximum absolute atomic E-state index is 12.3. The standard InChI is InChI=1S/C18H28N2O3S/c21-24(22,14-15-5-2-1-3-6-15)12-10-20-17-8-4-7-16(17)18-13-23-11-9-19-18/h1-3,5-6,16-20H,4,7-14H2.